The maximum Gasteiger partial charge on any atom is 0.251 e. The van der Waals surface area contributed by atoms with Crippen LogP contribution >= 0.6 is 0 Å². The summed E-state index contributed by atoms with van der Waals surface area (Å²) in [5, 5.41) is 5.33. The largest absolute Gasteiger partial charge is 0.373 e. The molecule has 1 fully saturated rings. The van der Waals surface area contributed by atoms with Crippen molar-refractivity contribution in [3.63, 3.8) is 0 Å². The maximum atomic E-state index is 14.0. The quantitative estimate of drug-likeness (QED) is 0.748. The Morgan fingerprint density at radius 3 is 2.21 bits per heavy atom. The third-order valence-corrected chi connectivity index (χ3v) is 4.24. The number of amides is 2. The predicted octanol–water partition coefficient (Wildman–Crippen LogP) is 3.57. The minimum Gasteiger partial charge on any atom is -0.373 e. The van der Waals surface area contributed by atoms with E-state index < -0.39 is 17.5 Å². The monoisotopic (exact) mass is 385 g/mol. The lowest BCUT2D eigenvalue weighted by atomic mass is 10.1. The summed E-state index contributed by atoms with van der Waals surface area (Å²) < 4.78 is 27.9. The van der Waals surface area contributed by atoms with Crippen LogP contribution in [0.1, 0.15) is 28.8 Å². The Balaban J connectivity index is 1.61. The molecule has 2 aromatic carbocycles. The lowest BCUT2D eigenvalue weighted by molar-refractivity contribution is -0.111. The van der Waals surface area contributed by atoms with Crippen molar-refractivity contribution in [1.82, 2.24) is 5.32 Å². The Kier molecular flexibility index (Phi) is 5.73. The number of hydrogen-bond acceptors (Lipinski definition) is 3. The summed E-state index contributed by atoms with van der Waals surface area (Å²) >= 11 is 0. The van der Waals surface area contributed by atoms with Crippen LogP contribution in [0.25, 0.3) is 6.08 Å². The van der Waals surface area contributed by atoms with Gasteiger partial charge in [-0.2, -0.15) is 0 Å². The van der Waals surface area contributed by atoms with Gasteiger partial charge in [0.1, 0.15) is 5.69 Å². The molecule has 0 atom stereocenters. The molecule has 1 saturated carbocycles. The standard InChI is InChI=1S/C21H21F2N3O2/c1-26(2)20-17(22)11-16(12-18(20)23)24-19(27)10-5-13-3-6-14(7-4-13)21(28)25-15-8-9-15/h3-7,10-12,15H,8-9H2,1-2H3,(H,24,27)(H,25,28)/b10-5+. The van der Waals surface area contributed by atoms with E-state index in [4.69, 9.17) is 0 Å². The van der Waals surface area contributed by atoms with Crippen LogP contribution in [-0.4, -0.2) is 32.0 Å². The molecule has 5 nitrogen and oxygen atoms in total. The summed E-state index contributed by atoms with van der Waals surface area (Å²) in [6.45, 7) is 0. The van der Waals surface area contributed by atoms with Crippen molar-refractivity contribution in [2.75, 3.05) is 24.3 Å². The number of benzene rings is 2. The van der Waals surface area contributed by atoms with Crippen molar-refractivity contribution in [2.45, 2.75) is 18.9 Å². The summed E-state index contributed by atoms with van der Waals surface area (Å²) in [5.41, 5.74) is 1.14. The van der Waals surface area contributed by atoms with Crippen LogP contribution in [0.3, 0.4) is 0 Å². The second-order valence-corrected chi connectivity index (χ2v) is 6.88. The van der Waals surface area contributed by atoms with Gasteiger partial charge in [-0.05, 0) is 48.7 Å². The van der Waals surface area contributed by atoms with Crippen molar-refractivity contribution in [2.24, 2.45) is 0 Å². The average Bonchev–Trinajstić information content (AvgIpc) is 3.43. The zero-order valence-electron chi connectivity index (χ0n) is 15.6. The van der Waals surface area contributed by atoms with Gasteiger partial charge in [0.2, 0.25) is 5.91 Å². The highest BCUT2D eigenvalue weighted by molar-refractivity contribution is 6.02. The molecule has 2 N–H and O–H groups in total. The molecule has 28 heavy (non-hydrogen) atoms. The molecule has 2 amide bonds. The minimum atomic E-state index is -0.760. The summed E-state index contributed by atoms with van der Waals surface area (Å²) in [5.74, 6) is -2.15. The van der Waals surface area contributed by atoms with Gasteiger partial charge in [0.05, 0.1) is 0 Å². The molecule has 3 rings (SSSR count). The van der Waals surface area contributed by atoms with Crippen LogP contribution in [0.15, 0.2) is 42.5 Å². The fourth-order valence-corrected chi connectivity index (χ4v) is 2.66. The molecule has 0 heterocycles. The van der Waals surface area contributed by atoms with Crippen molar-refractivity contribution >= 4 is 29.3 Å². The second-order valence-electron chi connectivity index (χ2n) is 6.88. The van der Waals surface area contributed by atoms with Crippen LogP contribution < -0.4 is 15.5 Å². The van der Waals surface area contributed by atoms with Gasteiger partial charge in [-0.3, -0.25) is 9.59 Å². The highest BCUT2D eigenvalue weighted by Gasteiger charge is 2.23. The SMILES string of the molecule is CN(C)c1c(F)cc(NC(=O)/C=C/c2ccc(C(=O)NC3CC3)cc2)cc1F. The van der Waals surface area contributed by atoms with E-state index in [-0.39, 0.29) is 23.3 Å². The molecule has 0 radical (unpaired) electrons. The Labute approximate surface area is 162 Å². The molecule has 7 heteroatoms. The first kappa shape index (κ1) is 19.5. The van der Waals surface area contributed by atoms with Crippen LogP contribution in [0.2, 0.25) is 0 Å². The van der Waals surface area contributed by atoms with Gasteiger partial charge in [-0.15, -0.1) is 0 Å². The van der Waals surface area contributed by atoms with Crippen molar-refractivity contribution < 1.29 is 18.4 Å². The molecule has 146 valence electrons. The first-order valence-electron chi connectivity index (χ1n) is 8.90. The fraction of sp³-hybridized carbons (Fsp3) is 0.238. The molecule has 0 saturated heterocycles. The van der Waals surface area contributed by atoms with Crippen molar-refractivity contribution in [3.8, 4) is 0 Å². The molecule has 0 aromatic heterocycles. The van der Waals surface area contributed by atoms with Gasteiger partial charge in [-0.25, -0.2) is 8.78 Å². The first-order valence-corrected chi connectivity index (χ1v) is 8.90. The number of carbonyl (C=O) groups is 2. The van der Waals surface area contributed by atoms with Crippen LogP contribution in [0, 0.1) is 11.6 Å². The second kappa shape index (κ2) is 8.21. The van der Waals surface area contributed by atoms with E-state index in [1.165, 1.54) is 25.1 Å². The van der Waals surface area contributed by atoms with Gasteiger partial charge < -0.3 is 15.5 Å². The fourth-order valence-electron chi connectivity index (χ4n) is 2.66. The van der Waals surface area contributed by atoms with E-state index in [2.05, 4.69) is 10.6 Å². The minimum absolute atomic E-state index is 0.0299. The predicted molar refractivity (Wildman–Crippen MR) is 105 cm³/mol. The number of rotatable bonds is 6. The van der Waals surface area contributed by atoms with Gasteiger partial charge in [0.15, 0.2) is 11.6 Å². The normalized spacial score (nSPS) is 13.4. The molecule has 1 aliphatic carbocycles. The smallest absolute Gasteiger partial charge is 0.251 e. The number of anilines is 2. The third-order valence-electron chi connectivity index (χ3n) is 4.24. The molecular weight excluding hydrogens is 364 g/mol. The van der Waals surface area contributed by atoms with Crippen molar-refractivity contribution in [3.05, 3.63) is 65.2 Å². The summed E-state index contributed by atoms with van der Waals surface area (Å²) in [6, 6.07) is 9.22. The Morgan fingerprint density at radius 2 is 1.68 bits per heavy atom. The van der Waals surface area contributed by atoms with Gasteiger partial charge in [0, 0.05) is 37.5 Å². The van der Waals surface area contributed by atoms with E-state index in [1.807, 2.05) is 0 Å². The van der Waals surface area contributed by atoms with Gasteiger partial charge in [-0.1, -0.05) is 12.1 Å². The lowest BCUT2D eigenvalue weighted by Gasteiger charge is -2.15. The highest BCUT2D eigenvalue weighted by Crippen LogP contribution is 2.25. The molecule has 2 aromatic rings. The lowest BCUT2D eigenvalue weighted by Crippen LogP contribution is -2.25. The molecule has 0 aliphatic heterocycles. The van der Waals surface area contributed by atoms with Crippen LogP contribution in [0.5, 0.6) is 0 Å². The van der Waals surface area contributed by atoms with Gasteiger partial charge >= 0.3 is 0 Å². The molecule has 1 aliphatic rings. The zero-order chi connectivity index (χ0) is 20.3. The first-order chi connectivity index (χ1) is 13.3. The number of nitrogens with zero attached hydrogens (tertiary/aromatic N) is 1. The third kappa shape index (κ3) is 4.94. The zero-order valence-corrected chi connectivity index (χ0v) is 15.6. The molecule has 0 unspecified atom stereocenters. The summed E-state index contributed by atoms with van der Waals surface area (Å²) in [7, 11) is 3.06. The molecular formula is C21H21F2N3O2. The number of nitrogens with one attached hydrogen (secondary N) is 2. The van der Waals surface area contributed by atoms with Crippen molar-refractivity contribution in [1.29, 1.82) is 0 Å². The summed E-state index contributed by atoms with van der Waals surface area (Å²) in [6.07, 6.45) is 4.86. The number of carbonyl (C=O) groups excluding carboxylic acids is 2. The van der Waals surface area contributed by atoms with E-state index in [1.54, 1.807) is 30.3 Å². The number of hydrogen-bond donors (Lipinski definition) is 2. The van der Waals surface area contributed by atoms with E-state index in [0.717, 1.165) is 30.5 Å². The average molecular weight is 385 g/mol. The molecule has 0 bridgehead atoms. The number of halogens is 2. The highest BCUT2D eigenvalue weighted by atomic mass is 19.1. The maximum absolute atomic E-state index is 14.0. The molecule has 0 spiro atoms. The van der Waals surface area contributed by atoms with Crippen LogP contribution in [0.4, 0.5) is 20.2 Å². The summed E-state index contributed by atoms with van der Waals surface area (Å²) in [4.78, 5) is 25.3. The van der Waals surface area contributed by atoms with E-state index in [9.17, 15) is 18.4 Å². The Bertz CT molecular complexity index is 897. The van der Waals surface area contributed by atoms with Crippen LogP contribution in [-0.2, 0) is 4.79 Å². The topological polar surface area (TPSA) is 61.4 Å². The Morgan fingerprint density at radius 1 is 1.07 bits per heavy atom. The van der Waals surface area contributed by atoms with Gasteiger partial charge in [0.25, 0.3) is 5.91 Å². The Hall–Kier alpha value is -3.22. The van der Waals surface area contributed by atoms with E-state index >= 15 is 0 Å². The van der Waals surface area contributed by atoms with E-state index in [0.29, 0.717) is 5.56 Å².